The van der Waals surface area contributed by atoms with Crippen molar-refractivity contribution < 1.29 is 0 Å². The number of nitrogens with zero attached hydrogens (tertiary/aromatic N) is 3. The minimum atomic E-state index is 0.574. The first-order valence-electron chi connectivity index (χ1n) is 9.68. The second-order valence-corrected chi connectivity index (χ2v) is 17.8. The van der Waals surface area contributed by atoms with E-state index in [0.29, 0.717) is 5.25 Å². The van der Waals surface area contributed by atoms with E-state index in [9.17, 15) is 0 Å². The highest BCUT2D eigenvalue weighted by Gasteiger charge is 2.34. The maximum atomic E-state index is 4.72. The molecule has 0 aliphatic carbocycles. The summed E-state index contributed by atoms with van der Waals surface area (Å²) in [7, 11) is 0. The molecular formula is C20H15N3S9. The predicted octanol–water partition coefficient (Wildman–Crippen LogP) is 8.30. The molecule has 0 bridgehead atoms. The zero-order valence-corrected chi connectivity index (χ0v) is 23.7. The van der Waals surface area contributed by atoms with E-state index in [1.165, 1.54) is 36.9 Å². The van der Waals surface area contributed by atoms with Gasteiger partial charge in [-0.1, -0.05) is 64.9 Å². The third-order valence-electron chi connectivity index (χ3n) is 4.42. The Morgan fingerprint density at radius 1 is 0.750 bits per heavy atom. The summed E-state index contributed by atoms with van der Waals surface area (Å²) in [5.74, 6) is 4.65. The van der Waals surface area contributed by atoms with Crippen LogP contribution in [-0.4, -0.2) is 43.2 Å². The Balaban J connectivity index is 1.07. The van der Waals surface area contributed by atoms with Crippen LogP contribution in [0.25, 0.3) is 11.4 Å². The monoisotopic (exact) mass is 585 g/mol. The quantitative estimate of drug-likeness (QED) is 0.256. The Bertz CT molecular complexity index is 1110. The molecule has 0 N–H and O–H groups in total. The van der Waals surface area contributed by atoms with Crippen molar-refractivity contribution in [3.8, 4) is 11.4 Å². The molecule has 4 aliphatic heterocycles. The van der Waals surface area contributed by atoms with Crippen LogP contribution in [0.4, 0.5) is 0 Å². The Morgan fingerprint density at radius 3 is 2.25 bits per heavy atom. The Labute approximate surface area is 225 Å². The lowest BCUT2D eigenvalue weighted by Gasteiger charge is -2.20. The molecule has 0 saturated heterocycles. The van der Waals surface area contributed by atoms with Crippen molar-refractivity contribution in [3.05, 3.63) is 62.1 Å². The Kier molecular flexibility index (Phi) is 7.70. The fourth-order valence-corrected chi connectivity index (χ4v) is 16.8. The molecule has 12 heteroatoms. The van der Waals surface area contributed by atoms with Gasteiger partial charge in [-0.3, -0.25) is 4.98 Å². The molecule has 3 nitrogen and oxygen atoms in total. The average Bonchev–Trinajstić information content (AvgIpc) is 3.47. The molecular weight excluding hydrogens is 571 g/mol. The largest absolute Gasteiger partial charge is 0.255 e. The summed E-state index contributed by atoms with van der Waals surface area (Å²) >= 11 is 17.9. The smallest absolute Gasteiger partial charge is 0.188 e. The van der Waals surface area contributed by atoms with Crippen molar-refractivity contribution in [2.24, 2.45) is 0 Å². The summed E-state index contributed by atoms with van der Waals surface area (Å²) in [4.78, 5) is 13.6. The zero-order chi connectivity index (χ0) is 21.3. The Morgan fingerprint density at radius 2 is 1.50 bits per heavy atom. The van der Waals surface area contributed by atoms with Crippen LogP contribution in [0.1, 0.15) is 0 Å². The van der Waals surface area contributed by atoms with E-state index >= 15 is 0 Å². The van der Waals surface area contributed by atoms with Crippen LogP contribution in [-0.2, 0) is 0 Å². The number of pyridine rings is 1. The third kappa shape index (κ3) is 5.23. The molecule has 0 saturated carbocycles. The molecule has 32 heavy (non-hydrogen) atoms. The normalized spacial score (nSPS) is 23.1. The van der Waals surface area contributed by atoms with E-state index in [4.69, 9.17) is 4.98 Å². The molecule has 0 spiro atoms. The number of thioether (sulfide) groups is 9. The Hall–Kier alpha value is 0.600. The van der Waals surface area contributed by atoms with Crippen molar-refractivity contribution in [1.82, 2.24) is 15.0 Å². The molecule has 1 unspecified atom stereocenters. The highest BCUT2D eigenvalue weighted by molar-refractivity contribution is 8.45. The predicted molar refractivity (Wildman–Crippen MR) is 156 cm³/mol. The van der Waals surface area contributed by atoms with E-state index in [0.717, 1.165) is 28.0 Å². The number of hydrogen-bond acceptors (Lipinski definition) is 12. The summed E-state index contributed by atoms with van der Waals surface area (Å²) in [5, 5.41) is 1.41. The molecule has 4 aliphatic rings. The van der Waals surface area contributed by atoms with E-state index in [1.54, 1.807) is 18.0 Å². The number of rotatable bonds is 4. The molecule has 2 aromatic rings. The maximum Gasteiger partial charge on any atom is 0.188 e. The zero-order valence-electron chi connectivity index (χ0n) is 16.4. The van der Waals surface area contributed by atoms with Crippen molar-refractivity contribution in [1.29, 1.82) is 0 Å². The topological polar surface area (TPSA) is 38.7 Å². The first-order valence-corrected chi connectivity index (χ1v) is 17.8. The van der Waals surface area contributed by atoms with E-state index in [-0.39, 0.29) is 0 Å². The highest BCUT2D eigenvalue weighted by atomic mass is 32.3. The summed E-state index contributed by atoms with van der Waals surface area (Å²) < 4.78 is 9.04. The maximum absolute atomic E-state index is 4.72. The second-order valence-electron chi connectivity index (χ2n) is 6.63. The van der Waals surface area contributed by atoms with Gasteiger partial charge in [-0.25, -0.2) is 9.97 Å². The van der Waals surface area contributed by atoms with Crippen LogP contribution < -0.4 is 0 Å². The van der Waals surface area contributed by atoms with Crippen LogP contribution in [0.15, 0.2) is 67.2 Å². The second kappa shape index (κ2) is 10.7. The highest BCUT2D eigenvalue weighted by Crippen LogP contribution is 2.68. The SMILES string of the molecule is c1ccc(-c2ccnc(SCC3CSC4=C(SC(=C5SC6=C(SCCS6)S5)S4)S3)n2)nc1. The van der Waals surface area contributed by atoms with E-state index in [2.05, 4.69) is 9.97 Å². The van der Waals surface area contributed by atoms with Crippen molar-refractivity contribution >= 4 is 106 Å². The lowest BCUT2D eigenvalue weighted by Crippen LogP contribution is -2.12. The molecule has 164 valence electrons. The molecule has 1 atom stereocenters. The van der Waals surface area contributed by atoms with Gasteiger partial charge in [-0.2, -0.15) is 0 Å². The van der Waals surface area contributed by atoms with Gasteiger partial charge in [0.15, 0.2) is 5.16 Å². The number of aromatic nitrogens is 3. The van der Waals surface area contributed by atoms with Gasteiger partial charge in [0.05, 0.1) is 36.8 Å². The van der Waals surface area contributed by atoms with Gasteiger partial charge in [0.2, 0.25) is 0 Å². The summed E-state index contributed by atoms with van der Waals surface area (Å²) in [6, 6.07) is 7.84. The first kappa shape index (κ1) is 23.0. The van der Waals surface area contributed by atoms with Crippen LogP contribution in [0.5, 0.6) is 0 Å². The van der Waals surface area contributed by atoms with Gasteiger partial charge < -0.3 is 0 Å². The van der Waals surface area contributed by atoms with E-state index < -0.39 is 0 Å². The number of hydrogen-bond donors (Lipinski definition) is 0. The lowest BCUT2D eigenvalue weighted by atomic mass is 10.3. The first-order chi connectivity index (χ1) is 15.8. The molecule has 0 fully saturated rings. The van der Waals surface area contributed by atoms with E-state index in [1.807, 2.05) is 125 Å². The van der Waals surface area contributed by atoms with Crippen LogP contribution in [0, 0.1) is 0 Å². The fourth-order valence-electron chi connectivity index (χ4n) is 2.99. The van der Waals surface area contributed by atoms with Gasteiger partial charge in [0, 0.05) is 40.7 Å². The van der Waals surface area contributed by atoms with Crippen molar-refractivity contribution in [2.45, 2.75) is 10.4 Å². The molecule has 6 rings (SSSR count). The molecule has 0 amide bonds. The van der Waals surface area contributed by atoms with Gasteiger partial charge in [0.25, 0.3) is 0 Å². The van der Waals surface area contributed by atoms with Crippen LogP contribution in [0.3, 0.4) is 0 Å². The van der Waals surface area contributed by atoms with Crippen molar-refractivity contribution in [2.75, 3.05) is 23.0 Å². The summed E-state index contributed by atoms with van der Waals surface area (Å²) in [6.07, 6.45) is 3.64. The fraction of sp³-hybridized carbons (Fsp3) is 0.250. The van der Waals surface area contributed by atoms with Crippen LogP contribution >= 0.6 is 106 Å². The van der Waals surface area contributed by atoms with Gasteiger partial charge in [-0.05, 0) is 18.2 Å². The third-order valence-corrected chi connectivity index (χ3v) is 18.0. The summed E-state index contributed by atoms with van der Waals surface area (Å²) in [5.41, 5.74) is 1.78. The standard InChI is InChI=1S/C20H15N3S9/c1-2-5-21-12(3-1)13-4-6-22-20(23-13)27-10-11-9-26-16-17(28-11)32-19(31-16)18-29-14-15(30-18)25-8-7-24-14/h1-6,11H,7-10H2. The van der Waals surface area contributed by atoms with Gasteiger partial charge in [-0.15, -0.1) is 47.0 Å². The minimum absolute atomic E-state index is 0.574. The average molecular weight is 586 g/mol. The molecule has 0 radical (unpaired) electrons. The molecule has 2 aromatic heterocycles. The van der Waals surface area contributed by atoms with Gasteiger partial charge in [0.1, 0.15) is 0 Å². The molecule has 0 aromatic carbocycles. The minimum Gasteiger partial charge on any atom is -0.255 e. The molecule has 6 heterocycles. The van der Waals surface area contributed by atoms with Crippen molar-refractivity contribution in [3.63, 3.8) is 0 Å². The lowest BCUT2D eigenvalue weighted by molar-refractivity contribution is 0.964. The summed E-state index contributed by atoms with van der Waals surface area (Å²) in [6.45, 7) is 0. The van der Waals surface area contributed by atoms with Gasteiger partial charge >= 0.3 is 0 Å². The van der Waals surface area contributed by atoms with Crippen LogP contribution in [0.2, 0.25) is 0 Å².